The molecule has 0 saturated heterocycles. The van der Waals surface area contributed by atoms with Gasteiger partial charge in [-0.15, -0.1) is 0 Å². The number of amides is 1. The van der Waals surface area contributed by atoms with Gasteiger partial charge in [0.25, 0.3) is 5.91 Å². The zero-order valence-corrected chi connectivity index (χ0v) is 19.5. The Labute approximate surface area is 191 Å². The van der Waals surface area contributed by atoms with Crippen LogP contribution < -0.4 is 10.1 Å². The van der Waals surface area contributed by atoms with Crippen LogP contribution in [0.4, 0.5) is 5.69 Å². The van der Waals surface area contributed by atoms with Gasteiger partial charge in [0.2, 0.25) is 0 Å². The van der Waals surface area contributed by atoms with E-state index in [1.165, 1.54) is 0 Å². The molecule has 0 spiro atoms. The number of hydrogen-bond donors (Lipinski definition) is 1. The normalized spacial score (nSPS) is 11.7. The lowest BCUT2D eigenvalue weighted by Crippen LogP contribution is -2.16. The number of halogens is 1. The Morgan fingerprint density at radius 3 is 2.57 bits per heavy atom. The van der Waals surface area contributed by atoms with Crippen molar-refractivity contribution in [2.45, 2.75) is 33.3 Å². The highest BCUT2D eigenvalue weighted by Crippen LogP contribution is 2.25. The number of rotatable bonds is 8. The molecule has 3 aromatic rings. The number of ether oxygens (including phenoxy) is 2. The first-order valence-corrected chi connectivity index (χ1v) is 11.0. The van der Waals surface area contributed by atoms with E-state index in [1.807, 2.05) is 75.4 Å². The van der Waals surface area contributed by atoms with Crippen LogP contribution in [0.2, 0.25) is 0 Å². The molecule has 1 amide bonds. The molecule has 30 heavy (non-hydrogen) atoms. The average molecular weight is 516 g/mol. The third kappa shape index (κ3) is 6.27. The first kappa shape index (κ1) is 22.2. The number of aryl methyl sites for hydroxylation is 1. The van der Waals surface area contributed by atoms with E-state index in [0.29, 0.717) is 35.7 Å². The monoisotopic (exact) mass is 516 g/mol. The van der Waals surface area contributed by atoms with E-state index in [4.69, 9.17) is 9.47 Å². The largest absolute Gasteiger partial charge is 0.457 e. The quantitative estimate of drug-likeness (QED) is 0.373. The Kier molecular flexibility index (Phi) is 7.81. The van der Waals surface area contributed by atoms with Crippen LogP contribution in [-0.4, -0.2) is 23.6 Å². The van der Waals surface area contributed by atoms with Gasteiger partial charge in [0.15, 0.2) is 0 Å². The fourth-order valence-corrected chi connectivity index (χ4v) is 3.44. The van der Waals surface area contributed by atoms with E-state index in [2.05, 4.69) is 32.9 Å². The molecule has 2 aromatic carbocycles. The molecule has 1 N–H and O–H groups in total. The van der Waals surface area contributed by atoms with Crippen molar-refractivity contribution in [2.75, 3.05) is 11.9 Å². The summed E-state index contributed by atoms with van der Waals surface area (Å²) in [4.78, 5) is 17.3. The SMILES string of the molecule is CCOC(C)Cc1ccc(C(=O)Nc2cccc(Oc3ccc(I)cc3)c2)c(C)n1. The van der Waals surface area contributed by atoms with Gasteiger partial charge in [0, 0.05) is 34.0 Å². The Bertz CT molecular complexity index is 1010. The Balaban J connectivity index is 1.67. The van der Waals surface area contributed by atoms with Gasteiger partial charge in [-0.3, -0.25) is 9.78 Å². The summed E-state index contributed by atoms with van der Waals surface area (Å²) in [6, 6.07) is 18.8. The second kappa shape index (κ2) is 10.5. The number of anilines is 1. The molecule has 0 aliphatic heterocycles. The molecule has 6 heteroatoms. The van der Waals surface area contributed by atoms with E-state index in [0.717, 1.165) is 15.0 Å². The maximum absolute atomic E-state index is 12.8. The molecule has 3 rings (SSSR count). The molecule has 156 valence electrons. The maximum atomic E-state index is 12.8. The van der Waals surface area contributed by atoms with Crippen molar-refractivity contribution in [3.8, 4) is 11.5 Å². The lowest BCUT2D eigenvalue weighted by molar-refractivity contribution is 0.0761. The van der Waals surface area contributed by atoms with Gasteiger partial charge >= 0.3 is 0 Å². The third-order valence-corrected chi connectivity index (χ3v) is 5.20. The predicted octanol–water partition coefficient (Wildman–Crippen LogP) is 6.01. The summed E-state index contributed by atoms with van der Waals surface area (Å²) in [5, 5.41) is 2.93. The lowest BCUT2D eigenvalue weighted by Gasteiger charge is -2.13. The van der Waals surface area contributed by atoms with Crippen molar-refractivity contribution >= 4 is 34.2 Å². The lowest BCUT2D eigenvalue weighted by atomic mass is 10.1. The van der Waals surface area contributed by atoms with Crippen molar-refractivity contribution in [3.05, 3.63) is 81.2 Å². The van der Waals surface area contributed by atoms with Crippen molar-refractivity contribution in [3.63, 3.8) is 0 Å². The molecule has 1 heterocycles. The number of aromatic nitrogens is 1. The zero-order valence-electron chi connectivity index (χ0n) is 17.3. The molecule has 0 fully saturated rings. The van der Waals surface area contributed by atoms with Gasteiger partial charge in [-0.1, -0.05) is 6.07 Å². The number of nitrogens with zero attached hydrogens (tertiary/aromatic N) is 1. The van der Waals surface area contributed by atoms with Gasteiger partial charge in [-0.05, 0) is 91.9 Å². The van der Waals surface area contributed by atoms with Crippen molar-refractivity contribution in [1.82, 2.24) is 4.98 Å². The minimum atomic E-state index is -0.198. The fourth-order valence-electron chi connectivity index (χ4n) is 3.08. The predicted molar refractivity (Wildman–Crippen MR) is 127 cm³/mol. The van der Waals surface area contributed by atoms with Crippen LogP contribution in [0.15, 0.2) is 60.7 Å². The molecular weight excluding hydrogens is 491 g/mol. The van der Waals surface area contributed by atoms with Crippen LogP contribution in [0.25, 0.3) is 0 Å². The minimum absolute atomic E-state index is 0.0948. The van der Waals surface area contributed by atoms with Crippen molar-refractivity contribution in [2.24, 2.45) is 0 Å². The topological polar surface area (TPSA) is 60.5 Å². The first-order valence-electron chi connectivity index (χ1n) is 9.87. The molecule has 0 saturated carbocycles. The molecule has 0 aliphatic carbocycles. The second-order valence-corrected chi connectivity index (χ2v) is 8.19. The van der Waals surface area contributed by atoms with Crippen LogP contribution in [0, 0.1) is 10.5 Å². The second-order valence-electron chi connectivity index (χ2n) is 6.94. The first-order chi connectivity index (χ1) is 14.4. The van der Waals surface area contributed by atoms with Gasteiger partial charge in [0.1, 0.15) is 11.5 Å². The summed E-state index contributed by atoms with van der Waals surface area (Å²) in [7, 11) is 0. The summed E-state index contributed by atoms with van der Waals surface area (Å²) >= 11 is 2.25. The number of carbonyl (C=O) groups excluding carboxylic acids is 1. The summed E-state index contributed by atoms with van der Waals surface area (Å²) in [5.41, 5.74) is 2.82. The van der Waals surface area contributed by atoms with E-state index in [-0.39, 0.29) is 12.0 Å². The Morgan fingerprint density at radius 1 is 1.10 bits per heavy atom. The van der Waals surface area contributed by atoms with Gasteiger partial charge in [-0.25, -0.2) is 0 Å². The summed E-state index contributed by atoms with van der Waals surface area (Å²) in [6.07, 6.45) is 0.812. The number of nitrogens with one attached hydrogen (secondary N) is 1. The fraction of sp³-hybridized carbons (Fsp3) is 0.250. The van der Waals surface area contributed by atoms with Crippen LogP contribution in [0.3, 0.4) is 0 Å². The smallest absolute Gasteiger partial charge is 0.257 e. The molecule has 1 atom stereocenters. The standard InChI is InChI=1S/C24H25IN2O3/c1-4-29-16(2)14-20-10-13-23(17(3)26-20)24(28)27-19-6-5-7-22(15-19)30-21-11-8-18(25)9-12-21/h5-13,15-16H,4,14H2,1-3H3,(H,27,28). The Morgan fingerprint density at radius 2 is 1.87 bits per heavy atom. The molecule has 0 aliphatic rings. The molecular formula is C24H25IN2O3. The van der Waals surface area contributed by atoms with E-state index in [1.54, 1.807) is 6.07 Å². The number of pyridine rings is 1. The van der Waals surface area contributed by atoms with Crippen LogP contribution in [-0.2, 0) is 11.2 Å². The minimum Gasteiger partial charge on any atom is -0.457 e. The van der Waals surface area contributed by atoms with Gasteiger partial charge in [0.05, 0.1) is 17.4 Å². The summed E-state index contributed by atoms with van der Waals surface area (Å²) < 4.78 is 12.6. The van der Waals surface area contributed by atoms with Crippen LogP contribution in [0.5, 0.6) is 11.5 Å². The number of carbonyl (C=O) groups is 1. The molecule has 5 nitrogen and oxygen atoms in total. The molecule has 0 bridgehead atoms. The van der Waals surface area contributed by atoms with Crippen LogP contribution >= 0.6 is 22.6 Å². The summed E-state index contributed by atoms with van der Waals surface area (Å²) in [6.45, 7) is 6.52. The van der Waals surface area contributed by atoms with Gasteiger partial charge < -0.3 is 14.8 Å². The maximum Gasteiger partial charge on any atom is 0.257 e. The molecule has 1 aromatic heterocycles. The third-order valence-electron chi connectivity index (χ3n) is 4.48. The van der Waals surface area contributed by atoms with E-state index < -0.39 is 0 Å². The zero-order chi connectivity index (χ0) is 21.5. The van der Waals surface area contributed by atoms with E-state index in [9.17, 15) is 4.79 Å². The number of benzene rings is 2. The van der Waals surface area contributed by atoms with Crippen molar-refractivity contribution < 1.29 is 14.3 Å². The summed E-state index contributed by atoms with van der Waals surface area (Å²) in [5.74, 6) is 1.20. The van der Waals surface area contributed by atoms with Crippen molar-refractivity contribution in [1.29, 1.82) is 0 Å². The number of hydrogen-bond acceptors (Lipinski definition) is 4. The highest BCUT2D eigenvalue weighted by Gasteiger charge is 2.13. The highest BCUT2D eigenvalue weighted by atomic mass is 127. The van der Waals surface area contributed by atoms with E-state index >= 15 is 0 Å². The molecule has 1 unspecified atom stereocenters. The van der Waals surface area contributed by atoms with Gasteiger partial charge in [-0.2, -0.15) is 0 Å². The highest BCUT2D eigenvalue weighted by molar-refractivity contribution is 14.1. The average Bonchev–Trinajstić information content (AvgIpc) is 2.70. The van der Waals surface area contributed by atoms with Crippen LogP contribution in [0.1, 0.15) is 35.6 Å². The Hall–Kier alpha value is -2.45. The molecule has 0 radical (unpaired) electrons.